The number of rotatable bonds is 2. The van der Waals surface area contributed by atoms with Crippen LogP contribution in [0.1, 0.15) is 15.9 Å². The van der Waals surface area contributed by atoms with E-state index in [0.29, 0.717) is 5.56 Å². The zero-order valence-corrected chi connectivity index (χ0v) is 7.55. The summed E-state index contributed by atoms with van der Waals surface area (Å²) in [5.41, 5.74) is 1.10. The van der Waals surface area contributed by atoms with Gasteiger partial charge in [0.05, 0.1) is 12.7 Å². The van der Waals surface area contributed by atoms with E-state index in [-0.39, 0.29) is 5.88 Å². The Hall–Kier alpha value is -1.09. The van der Waals surface area contributed by atoms with Crippen molar-refractivity contribution in [2.24, 2.45) is 0 Å². The topological polar surface area (TPSA) is 39.2 Å². The summed E-state index contributed by atoms with van der Waals surface area (Å²) < 4.78 is 4.87. The van der Waals surface area contributed by atoms with Crippen LogP contribution in [0.5, 0.6) is 5.88 Å². The molecule has 0 aliphatic rings. The summed E-state index contributed by atoms with van der Waals surface area (Å²) in [6.07, 6.45) is 1.57. The summed E-state index contributed by atoms with van der Waals surface area (Å²) in [6, 6.07) is 1.71. The van der Waals surface area contributed by atoms with Crippen LogP contribution in [-0.2, 0) is 0 Å². The van der Waals surface area contributed by atoms with Crippen molar-refractivity contribution in [1.29, 1.82) is 0 Å². The van der Waals surface area contributed by atoms with Crippen molar-refractivity contribution in [2.45, 2.75) is 6.92 Å². The van der Waals surface area contributed by atoms with Crippen molar-refractivity contribution < 1.29 is 9.53 Å². The SMILES string of the molecule is COc1nccc(C)c1C(=O)Cl. The molecule has 1 heterocycles. The van der Waals surface area contributed by atoms with Gasteiger partial charge in [0.15, 0.2) is 0 Å². The first kappa shape index (κ1) is 9.00. The minimum atomic E-state index is -0.544. The second-order valence-electron chi connectivity index (χ2n) is 2.29. The van der Waals surface area contributed by atoms with Gasteiger partial charge in [-0.2, -0.15) is 0 Å². The Morgan fingerprint density at radius 1 is 1.67 bits per heavy atom. The fourth-order valence-corrected chi connectivity index (χ4v) is 1.16. The Morgan fingerprint density at radius 2 is 2.33 bits per heavy atom. The van der Waals surface area contributed by atoms with E-state index in [1.54, 1.807) is 19.2 Å². The number of carbonyl (C=O) groups is 1. The summed E-state index contributed by atoms with van der Waals surface area (Å²) in [6.45, 7) is 1.78. The number of methoxy groups -OCH3 is 1. The number of hydrogen-bond donors (Lipinski definition) is 0. The molecule has 0 amide bonds. The average Bonchev–Trinajstić information content (AvgIpc) is 2.03. The molecule has 0 atom stereocenters. The standard InChI is InChI=1S/C8H8ClNO2/c1-5-3-4-10-8(12-2)6(5)7(9)11/h3-4H,1-2H3. The van der Waals surface area contributed by atoms with Crippen LogP contribution in [0.15, 0.2) is 12.3 Å². The van der Waals surface area contributed by atoms with Crippen molar-refractivity contribution in [3.05, 3.63) is 23.4 Å². The molecule has 64 valence electrons. The number of nitrogens with zero attached hydrogens (tertiary/aromatic N) is 1. The lowest BCUT2D eigenvalue weighted by Gasteiger charge is -2.04. The predicted molar refractivity (Wildman–Crippen MR) is 45.7 cm³/mol. The largest absolute Gasteiger partial charge is 0.480 e. The fraction of sp³-hybridized carbons (Fsp3) is 0.250. The highest BCUT2D eigenvalue weighted by atomic mass is 35.5. The summed E-state index contributed by atoms with van der Waals surface area (Å²) in [5, 5.41) is -0.544. The van der Waals surface area contributed by atoms with Gasteiger partial charge >= 0.3 is 0 Å². The Balaban J connectivity index is 3.29. The van der Waals surface area contributed by atoms with Crippen molar-refractivity contribution in [3.63, 3.8) is 0 Å². The Morgan fingerprint density at radius 3 is 2.75 bits per heavy atom. The molecule has 0 N–H and O–H groups in total. The van der Waals surface area contributed by atoms with Crippen molar-refractivity contribution >= 4 is 16.8 Å². The van der Waals surface area contributed by atoms with Gasteiger partial charge in [-0.3, -0.25) is 4.79 Å². The summed E-state index contributed by atoms with van der Waals surface area (Å²) in [5.74, 6) is 0.273. The van der Waals surface area contributed by atoms with Crippen LogP contribution in [0.2, 0.25) is 0 Å². The first-order valence-electron chi connectivity index (χ1n) is 3.36. The quantitative estimate of drug-likeness (QED) is 0.660. The van der Waals surface area contributed by atoms with Gasteiger partial charge < -0.3 is 4.74 Å². The molecule has 0 radical (unpaired) electrons. The monoisotopic (exact) mass is 185 g/mol. The van der Waals surface area contributed by atoms with Gasteiger partial charge in [0.1, 0.15) is 0 Å². The molecule has 0 spiro atoms. The second kappa shape index (κ2) is 3.54. The number of ether oxygens (including phenoxy) is 1. The van der Waals surface area contributed by atoms with Gasteiger partial charge in [0.25, 0.3) is 5.24 Å². The number of halogens is 1. The lowest BCUT2D eigenvalue weighted by molar-refractivity contribution is 0.107. The number of aryl methyl sites for hydroxylation is 1. The van der Waals surface area contributed by atoms with E-state index >= 15 is 0 Å². The minimum absolute atomic E-state index is 0.273. The molecule has 1 rings (SSSR count). The molecule has 0 bridgehead atoms. The Labute approximate surface area is 75.3 Å². The molecule has 0 unspecified atom stereocenters. The third kappa shape index (κ3) is 1.56. The Kier molecular flexibility index (Phi) is 2.65. The Bertz CT molecular complexity index is 312. The van der Waals surface area contributed by atoms with E-state index in [4.69, 9.17) is 16.3 Å². The summed E-state index contributed by atoms with van der Waals surface area (Å²) in [4.78, 5) is 14.7. The van der Waals surface area contributed by atoms with E-state index in [1.165, 1.54) is 7.11 Å². The highest BCUT2D eigenvalue weighted by Gasteiger charge is 2.13. The summed E-state index contributed by atoms with van der Waals surface area (Å²) in [7, 11) is 1.45. The minimum Gasteiger partial charge on any atom is -0.480 e. The van der Waals surface area contributed by atoms with E-state index in [9.17, 15) is 4.79 Å². The number of carbonyl (C=O) groups excluding carboxylic acids is 1. The number of hydrogen-bond acceptors (Lipinski definition) is 3. The molecule has 3 nitrogen and oxygen atoms in total. The van der Waals surface area contributed by atoms with Gasteiger partial charge in [-0.05, 0) is 30.2 Å². The van der Waals surface area contributed by atoms with Crippen LogP contribution >= 0.6 is 11.6 Å². The molecule has 0 saturated heterocycles. The van der Waals surface area contributed by atoms with Gasteiger partial charge in [0, 0.05) is 6.20 Å². The maximum atomic E-state index is 10.9. The maximum absolute atomic E-state index is 10.9. The predicted octanol–water partition coefficient (Wildman–Crippen LogP) is 1.78. The van der Waals surface area contributed by atoms with E-state index in [0.717, 1.165) is 5.56 Å². The zero-order valence-electron chi connectivity index (χ0n) is 6.80. The van der Waals surface area contributed by atoms with Crippen LogP contribution in [0.4, 0.5) is 0 Å². The first-order chi connectivity index (χ1) is 5.66. The van der Waals surface area contributed by atoms with Crippen LogP contribution in [0.3, 0.4) is 0 Å². The van der Waals surface area contributed by atoms with Crippen LogP contribution < -0.4 is 4.74 Å². The smallest absolute Gasteiger partial charge is 0.258 e. The normalized spacial score (nSPS) is 9.58. The van der Waals surface area contributed by atoms with Gasteiger partial charge in [-0.15, -0.1) is 0 Å². The third-order valence-corrected chi connectivity index (χ3v) is 1.70. The van der Waals surface area contributed by atoms with E-state index < -0.39 is 5.24 Å². The molecule has 0 aliphatic heterocycles. The molecule has 4 heteroatoms. The van der Waals surface area contributed by atoms with Crippen molar-refractivity contribution in [3.8, 4) is 5.88 Å². The third-order valence-electron chi connectivity index (χ3n) is 1.51. The van der Waals surface area contributed by atoms with Crippen molar-refractivity contribution in [2.75, 3.05) is 7.11 Å². The molecular weight excluding hydrogens is 178 g/mol. The fourth-order valence-electron chi connectivity index (χ4n) is 0.927. The van der Waals surface area contributed by atoms with Gasteiger partial charge in [-0.1, -0.05) is 0 Å². The number of aromatic nitrogens is 1. The molecular formula is C8H8ClNO2. The van der Waals surface area contributed by atoms with Gasteiger partial charge in [0.2, 0.25) is 5.88 Å². The maximum Gasteiger partial charge on any atom is 0.258 e. The first-order valence-corrected chi connectivity index (χ1v) is 3.74. The zero-order chi connectivity index (χ0) is 9.14. The highest BCUT2D eigenvalue weighted by Crippen LogP contribution is 2.20. The van der Waals surface area contributed by atoms with Crippen LogP contribution in [0, 0.1) is 6.92 Å². The van der Waals surface area contributed by atoms with Crippen molar-refractivity contribution in [1.82, 2.24) is 4.98 Å². The average molecular weight is 186 g/mol. The van der Waals surface area contributed by atoms with Crippen LogP contribution in [0.25, 0.3) is 0 Å². The summed E-state index contributed by atoms with van der Waals surface area (Å²) >= 11 is 5.33. The lowest BCUT2D eigenvalue weighted by Crippen LogP contribution is -2.00. The van der Waals surface area contributed by atoms with E-state index in [2.05, 4.69) is 4.98 Å². The molecule has 1 aromatic rings. The second-order valence-corrected chi connectivity index (χ2v) is 2.63. The molecule has 0 aliphatic carbocycles. The molecule has 0 aromatic carbocycles. The van der Waals surface area contributed by atoms with E-state index in [1.807, 2.05) is 0 Å². The lowest BCUT2D eigenvalue weighted by atomic mass is 10.2. The molecule has 12 heavy (non-hydrogen) atoms. The molecule has 0 saturated carbocycles. The highest BCUT2D eigenvalue weighted by molar-refractivity contribution is 6.68. The molecule has 0 fully saturated rings. The number of pyridine rings is 1. The van der Waals surface area contributed by atoms with Gasteiger partial charge in [-0.25, -0.2) is 4.98 Å². The molecule has 1 aromatic heterocycles. The van der Waals surface area contributed by atoms with Crippen LogP contribution in [-0.4, -0.2) is 17.3 Å².